The summed E-state index contributed by atoms with van der Waals surface area (Å²) in [5.74, 6) is -0.294. The Labute approximate surface area is 134 Å². The molecule has 0 bridgehead atoms. The maximum Gasteiger partial charge on any atom is 0.323 e. The average Bonchev–Trinajstić information content (AvgIpc) is 2.80. The van der Waals surface area contributed by atoms with Crippen LogP contribution in [0, 0.1) is 17.3 Å². The maximum atomic E-state index is 12.4. The second-order valence-corrected chi connectivity index (χ2v) is 6.06. The summed E-state index contributed by atoms with van der Waals surface area (Å²) in [5.41, 5.74) is -0.0143. The van der Waals surface area contributed by atoms with Crippen molar-refractivity contribution in [3.05, 3.63) is 9.66 Å². The van der Waals surface area contributed by atoms with Crippen LogP contribution < -0.4 is 0 Å². The predicted molar refractivity (Wildman–Crippen MR) is 85.4 cm³/mol. The number of allylic oxidation sites excluding steroid dienone is 1. The van der Waals surface area contributed by atoms with Gasteiger partial charge in [-0.3, -0.25) is 9.59 Å². The van der Waals surface area contributed by atoms with Crippen LogP contribution in [-0.2, 0) is 19.1 Å². The van der Waals surface area contributed by atoms with Crippen LogP contribution in [-0.4, -0.2) is 25.2 Å². The largest absolute Gasteiger partial charge is 0.465 e. The number of esters is 2. The van der Waals surface area contributed by atoms with Gasteiger partial charge in [0, 0.05) is 0 Å². The van der Waals surface area contributed by atoms with Crippen molar-refractivity contribution >= 4 is 34.5 Å². The van der Waals surface area contributed by atoms with Crippen LogP contribution >= 0.6 is 22.6 Å². The number of halogens is 1. The summed E-state index contributed by atoms with van der Waals surface area (Å²) in [6.07, 6.45) is 0.896. The van der Waals surface area contributed by atoms with E-state index in [1.165, 1.54) is 0 Å². The minimum atomic E-state index is -1.15. The molecule has 5 heteroatoms. The minimum Gasteiger partial charge on any atom is -0.465 e. The monoisotopic (exact) mass is 394 g/mol. The summed E-state index contributed by atoms with van der Waals surface area (Å²) in [6.45, 7) is 8.26. The second kappa shape index (κ2) is 7.43. The molecule has 0 N–H and O–H groups in total. The molecule has 0 amide bonds. The summed E-state index contributed by atoms with van der Waals surface area (Å²) in [4.78, 5) is 24.7. The van der Waals surface area contributed by atoms with Gasteiger partial charge in [0.15, 0.2) is 5.41 Å². The highest BCUT2D eigenvalue weighted by atomic mass is 127. The summed E-state index contributed by atoms with van der Waals surface area (Å²) in [5, 5.41) is 0. The van der Waals surface area contributed by atoms with Gasteiger partial charge in [0.2, 0.25) is 0 Å². The van der Waals surface area contributed by atoms with Gasteiger partial charge >= 0.3 is 11.9 Å². The minimum absolute atomic E-state index is 0.223. The molecule has 0 aromatic rings. The van der Waals surface area contributed by atoms with Gasteiger partial charge in [0.25, 0.3) is 0 Å². The number of carbonyl (C=O) groups excluding carboxylic acids is 2. The smallest absolute Gasteiger partial charge is 0.323 e. The highest BCUT2D eigenvalue weighted by molar-refractivity contribution is 14.1. The van der Waals surface area contributed by atoms with Gasteiger partial charge in [-0.05, 0) is 42.6 Å². The van der Waals surface area contributed by atoms with Gasteiger partial charge in [-0.15, -0.1) is 0 Å². The molecule has 1 atom stereocenters. The molecular weight excluding hydrogens is 371 g/mol. The Kier molecular flexibility index (Phi) is 6.48. The van der Waals surface area contributed by atoms with Crippen molar-refractivity contribution in [3.8, 4) is 0 Å². The zero-order chi connectivity index (χ0) is 15.3. The standard InChI is InChI=1S/C15H23IO4/c1-5-19-13(17)15(14(18)20-6-2)7-11(9-16)12(8-15)10(3)4/h9-10,12H,5-8H2,1-4H3/b11-9+. The SMILES string of the molecule is CCOC(=O)C1(C(=O)OCC)C/C(=C\I)C(C(C)C)C1. The lowest BCUT2D eigenvalue weighted by atomic mass is 9.83. The number of carbonyl (C=O) groups is 2. The van der Waals surface area contributed by atoms with E-state index in [-0.39, 0.29) is 19.1 Å². The second-order valence-electron chi connectivity index (χ2n) is 5.44. The number of hydrogen-bond acceptors (Lipinski definition) is 4. The van der Waals surface area contributed by atoms with E-state index in [1.54, 1.807) is 13.8 Å². The Hall–Kier alpha value is -0.590. The highest BCUT2D eigenvalue weighted by Gasteiger charge is 2.56. The quantitative estimate of drug-likeness (QED) is 0.407. The fourth-order valence-corrected chi connectivity index (χ4v) is 3.46. The normalized spacial score (nSPS) is 23.1. The van der Waals surface area contributed by atoms with E-state index in [0.29, 0.717) is 18.8 Å². The average molecular weight is 394 g/mol. The van der Waals surface area contributed by atoms with E-state index in [9.17, 15) is 9.59 Å². The Bertz CT molecular complexity index is 383. The van der Waals surface area contributed by atoms with Crippen molar-refractivity contribution in [1.82, 2.24) is 0 Å². The van der Waals surface area contributed by atoms with Crippen molar-refractivity contribution in [2.24, 2.45) is 17.3 Å². The molecule has 1 fully saturated rings. The lowest BCUT2D eigenvalue weighted by Gasteiger charge is -2.24. The summed E-state index contributed by atoms with van der Waals surface area (Å²) in [7, 11) is 0. The van der Waals surface area contributed by atoms with Crippen LogP contribution in [0.15, 0.2) is 9.66 Å². The summed E-state index contributed by atoms with van der Waals surface area (Å²) < 4.78 is 12.3. The lowest BCUT2D eigenvalue weighted by molar-refractivity contribution is -0.171. The predicted octanol–water partition coefficient (Wildman–Crippen LogP) is 3.48. The topological polar surface area (TPSA) is 52.6 Å². The van der Waals surface area contributed by atoms with E-state index in [2.05, 4.69) is 36.4 Å². The molecular formula is C15H23IO4. The maximum absolute atomic E-state index is 12.4. The first kappa shape index (κ1) is 17.5. The van der Waals surface area contributed by atoms with Crippen molar-refractivity contribution in [2.45, 2.75) is 40.5 Å². The summed E-state index contributed by atoms with van der Waals surface area (Å²) >= 11 is 2.18. The molecule has 0 radical (unpaired) electrons. The molecule has 114 valence electrons. The highest BCUT2D eigenvalue weighted by Crippen LogP contribution is 2.50. The van der Waals surface area contributed by atoms with Gasteiger partial charge in [-0.2, -0.15) is 0 Å². The molecule has 0 saturated heterocycles. The van der Waals surface area contributed by atoms with E-state index >= 15 is 0 Å². The zero-order valence-corrected chi connectivity index (χ0v) is 14.7. The molecule has 1 aliphatic carbocycles. The third-order valence-corrected chi connectivity index (χ3v) is 4.63. The van der Waals surface area contributed by atoms with E-state index in [4.69, 9.17) is 9.47 Å². The molecule has 0 aliphatic heterocycles. The fourth-order valence-electron chi connectivity index (χ4n) is 2.77. The van der Waals surface area contributed by atoms with Crippen LogP contribution in [0.3, 0.4) is 0 Å². The third-order valence-electron chi connectivity index (χ3n) is 3.83. The Morgan fingerprint density at radius 3 is 2.10 bits per heavy atom. The van der Waals surface area contributed by atoms with Gasteiger partial charge in [-0.1, -0.05) is 42.0 Å². The Morgan fingerprint density at radius 2 is 1.80 bits per heavy atom. The van der Waals surface area contributed by atoms with Crippen LogP contribution in [0.25, 0.3) is 0 Å². The fraction of sp³-hybridized carbons (Fsp3) is 0.733. The molecule has 0 heterocycles. The molecule has 1 aliphatic rings. The zero-order valence-electron chi connectivity index (χ0n) is 12.6. The molecule has 1 unspecified atom stereocenters. The van der Waals surface area contributed by atoms with E-state index < -0.39 is 17.4 Å². The first-order valence-electron chi connectivity index (χ1n) is 7.06. The number of ether oxygens (including phenoxy) is 2. The molecule has 0 aromatic heterocycles. The summed E-state index contributed by atoms with van der Waals surface area (Å²) in [6, 6.07) is 0. The van der Waals surface area contributed by atoms with E-state index in [0.717, 1.165) is 5.57 Å². The van der Waals surface area contributed by atoms with E-state index in [1.807, 2.05) is 4.08 Å². The molecule has 20 heavy (non-hydrogen) atoms. The number of hydrogen-bond donors (Lipinski definition) is 0. The van der Waals surface area contributed by atoms with Gasteiger partial charge < -0.3 is 9.47 Å². The Morgan fingerprint density at radius 1 is 1.30 bits per heavy atom. The molecule has 0 spiro atoms. The van der Waals surface area contributed by atoms with Crippen molar-refractivity contribution in [3.63, 3.8) is 0 Å². The first-order valence-corrected chi connectivity index (χ1v) is 8.31. The number of rotatable bonds is 5. The molecule has 1 rings (SSSR count). The van der Waals surface area contributed by atoms with Gasteiger partial charge in [0.1, 0.15) is 0 Å². The van der Waals surface area contributed by atoms with Crippen molar-refractivity contribution < 1.29 is 19.1 Å². The van der Waals surface area contributed by atoms with Gasteiger partial charge in [-0.25, -0.2) is 0 Å². The van der Waals surface area contributed by atoms with Crippen LogP contribution in [0.1, 0.15) is 40.5 Å². The van der Waals surface area contributed by atoms with Crippen LogP contribution in [0.4, 0.5) is 0 Å². The first-order chi connectivity index (χ1) is 9.42. The van der Waals surface area contributed by atoms with Gasteiger partial charge in [0.05, 0.1) is 13.2 Å². The van der Waals surface area contributed by atoms with Crippen molar-refractivity contribution in [1.29, 1.82) is 0 Å². The lowest BCUT2D eigenvalue weighted by Crippen LogP contribution is -2.40. The molecule has 0 aromatic carbocycles. The molecule has 4 nitrogen and oxygen atoms in total. The van der Waals surface area contributed by atoms with Crippen LogP contribution in [0.5, 0.6) is 0 Å². The van der Waals surface area contributed by atoms with Crippen LogP contribution in [0.2, 0.25) is 0 Å². The molecule has 1 saturated carbocycles. The van der Waals surface area contributed by atoms with Crippen molar-refractivity contribution in [2.75, 3.05) is 13.2 Å². The third kappa shape index (κ3) is 3.35. The Balaban J connectivity index is 3.14.